The molecule has 3 aromatic rings. The van der Waals surface area contributed by atoms with Crippen molar-refractivity contribution in [1.82, 2.24) is 14.5 Å². The number of nitrogens with zero attached hydrogens (tertiary/aromatic N) is 2. The van der Waals surface area contributed by atoms with Crippen LogP contribution in [0.5, 0.6) is 5.75 Å². The van der Waals surface area contributed by atoms with Gasteiger partial charge in [-0.05, 0) is 61.9 Å². The fraction of sp³-hybridized carbons (Fsp3) is 0.364. The molecule has 1 amide bonds. The van der Waals surface area contributed by atoms with Crippen molar-refractivity contribution in [3.8, 4) is 5.75 Å². The smallest absolute Gasteiger partial charge is 0.328 e. The third kappa shape index (κ3) is 4.12. The summed E-state index contributed by atoms with van der Waals surface area (Å²) in [6.07, 6.45) is 6.32. The normalized spacial score (nSPS) is 18.8. The molecular weight excluding hydrogens is 384 g/mol. The number of pyridine rings is 1. The van der Waals surface area contributed by atoms with Gasteiger partial charge in [-0.25, -0.2) is 4.79 Å². The highest BCUT2D eigenvalue weighted by Crippen LogP contribution is 2.30. The molecule has 1 aliphatic rings. The lowest BCUT2D eigenvalue weighted by atomic mass is 9.81. The molecule has 2 aromatic heterocycles. The Hall–Kier alpha value is -3.42. The minimum atomic E-state index is -0.407. The highest BCUT2D eigenvalue weighted by Gasteiger charge is 2.27. The largest absolute Gasteiger partial charge is 0.497 e. The van der Waals surface area contributed by atoms with E-state index in [1.165, 1.54) is 11.7 Å². The molecule has 8 heteroatoms. The fourth-order valence-corrected chi connectivity index (χ4v) is 4.07. The molecule has 1 aromatic carbocycles. The second-order valence-corrected chi connectivity index (χ2v) is 7.70. The molecule has 0 radical (unpaired) electrons. The van der Waals surface area contributed by atoms with Crippen LogP contribution < -0.4 is 21.3 Å². The third-order valence-electron chi connectivity index (χ3n) is 5.80. The molecule has 1 aliphatic carbocycles. The second-order valence-electron chi connectivity index (χ2n) is 7.70. The number of hydrogen-bond acceptors (Lipinski definition) is 5. The van der Waals surface area contributed by atoms with Gasteiger partial charge in [-0.3, -0.25) is 19.1 Å². The van der Waals surface area contributed by atoms with Gasteiger partial charge in [0.2, 0.25) is 5.91 Å². The first-order valence-electron chi connectivity index (χ1n) is 10.1. The van der Waals surface area contributed by atoms with Crippen LogP contribution >= 0.6 is 0 Å². The first kappa shape index (κ1) is 19.9. The SMILES string of the molecule is COc1ccc2[nH]c(=O)n(C[C@H]3CC[C@H](C(=O)Nc4ccncc4)CC3)c(=O)c2c1. The predicted octanol–water partition coefficient (Wildman–Crippen LogP) is 2.54. The number of H-pyrrole nitrogens is 1. The van der Waals surface area contributed by atoms with Crippen molar-refractivity contribution >= 4 is 22.5 Å². The number of anilines is 1. The molecule has 4 rings (SSSR count). The van der Waals surface area contributed by atoms with Gasteiger partial charge in [-0.1, -0.05) is 0 Å². The number of hydrogen-bond donors (Lipinski definition) is 2. The Morgan fingerprint density at radius 1 is 1.17 bits per heavy atom. The van der Waals surface area contributed by atoms with E-state index in [-0.39, 0.29) is 23.3 Å². The maximum atomic E-state index is 12.9. The first-order chi connectivity index (χ1) is 14.5. The van der Waals surface area contributed by atoms with Crippen LogP contribution in [0.25, 0.3) is 10.9 Å². The molecule has 2 heterocycles. The van der Waals surface area contributed by atoms with Gasteiger partial charge in [-0.2, -0.15) is 0 Å². The molecule has 0 unspecified atom stereocenters. The minimum Gasteiger partial charge on any atom is -0.497 e. The zero-order valence-electron chi connectivity index (χ0n) is 16.8. The van der Waals surface area contributed by atoms with E-state index >= 15 is 0 Å². The lowest BCUT2D eigenvalue weighted by Gasteiger charge is -2.28. The summed E-state index contributed by atoms with van der Waals surface area (Å²) in [7, 11) is 1.54. The van der Waals surface area contributed by atoms with Gasteiger partial charge in [0, 0.05) is 30.5 Å². The highest BCUT2D eigenvalue weighted by atomic mass is 16.5. The fourth-order valence-electron chi connectivity index (χ4n) is 4.07. The molecule has 1 saturated carbocycles. The van der Waals surface area contributed by atoms with Crippen molar-refractivity contribution in [2.75, 3.05) is 12.4 Å². The van der Waals surface area contributed by atoms with Crippen LogP contribution in [0.1, 0.15) is 25.7 Å². The number of rotatable bonds is 5. The Morgan fingerprint density at radius 2 is 1.90 bits per heavy atom. The standard InChI is InChI=1S/C22H24N4O4/c1-30-17-6-7-19-18(12-17)21(28)26(22(29)25-19)13-14-2-4-15(5-3-14)20(27)24-16-8-10-23-11-9-16/h6-12,14-15H,2-5,13H2,1H3,(H,25,29)(H,23,24,27)/t14-,15-. The molecule has 0 saturated heterocycles. The zero-order chi connectivity index (χ0) is 21.1. The minimum absolute atomic E-state index is 0.00691. The van der Waals surface area contributed by atoms with E-state index in [4.69, 9.17) is 4.74 Å². The number of carbonyl (C=O) groups excluding carboxylic acids is 1. The summed E-state index contributed by atoms with van der Waals surface area (Å²) in [6.45, 7) is 0.347. The summed E-state index contributed by atoms with van der Waals surface area (Å²) in [4.78, 5) is 44.6. The lowest BCUT2D eigenvalue weighted by molar-refractivity contribution is -0.121. The molecular formula is C22H24N4O4. The number of benzene rings is 1. The van der Waals surface area contributed by atoms with E-state index < -0.39 is 5.69 Å². The van der Waals surface area contributed by atoms with Crippen LogP contribution in [0.2, 0.25) is 0 Å². The zero-order valence-corrected chi connectivity index (χ0v) is 16.8. The summed E-state index contributed by atoms with van der Waals surface area (Å²) in [5.74, 6) is 0.688. The van der Waals surface area contributed by atoms with Gasteiger partial charge in [-0.15, -0.1) is 0 Å². The number of methoxy groups -OCH3 is 1. The maximum absolute atomic E-state index is 12.9. The number of amides is 1. The lowest BCUT2D eigenvalue weighted by Crippen LogP contribution is -2.38. The van der Waals surface area contributed by atoms with Gasteiger partial charge in [0.1, 0.15) is 5.75 Å². The van der Waals surface area contributed by atoms with Crippen LogP contribution in [-0.2, 0) is 11.3 Å². The Kier molecular flexibility index (Phi) is 5.65. The topological polar surface area (TPSA) is 106 Å². The average molecular weight is 408 g/mol. The molecule has 8 nitrogen and oxygen atoms in total. The average Bonchev–Trinajstić information content (AvgIpc) is 2.77. The summed E-state index contributed by atoms with van der Waals surface area (Å²) < 4.78 is 6.46. The van der Waals surface area contributed by atoms with Gasteiger partial charge >= 0.3 is 5.69 Å². The van der Waals surface area contributed by atoms with Crippen LogP contribution in [0.4, 0.5) is 5.69 Å². The number of fused-ring (bicyclic) bond motifs is 1. The van der Waals surface area contributed by atoms with Gasteiger partial charge in [0.25, 0.3) is 5.56 Å². The van der Waals surface area contributed by atoms with Crippen molar-refractivity contribution in [1.29, 1.82) is 0 Å². The number of aromatic nitrogens is 3. The van der Waals surface area contributed by atoms with Crippen molar-refractivity contribution in [3.05, 3.63) is 63.6 Å². The molecule has 30 heavy (non-hydrogen) atoms. The summed E-state index contributed by atoms with van der Waals surface area (Å²) >= 11 is 0. The number of aromatic amines is 1. The van der Waals surface area contributed by atoms with E-state index in [9.17, 15) is 14.4 Å². The number of nitrogens with one attached hydrogen (secondary N) is 2. The van der Waals surface area contributed by atoms with E-state index in [1.807, 2.05) is 0 Å². The Bertz CT molecular complexity index is 1160. The second kappa shape index (κ2) is 8.52. The first-order valence-corrected chi connectivity index (χ1v) is 10.1. The number of ether oxygens (including phenoxy) is 1. The van der Waals surface area contributed by atoms with Crippen molar-refractivity contribution in [3.63, 3.8) is 0 Å². The molecule has 0 spiro atoms. The summed E-state index contributed by atoms with van der Waals surface area (Å²) in [5, 5.41) is 3.35. The predicted molar refractivity (Wildman–Crippen MR) is 114 cm³/mol. The molecule has 0 aliphatic heterocycles. The van der Waals surface area contributed by atoms with E-state index in [0.717, 1.165) is 31.4 Å². The van der Waals surface area contributed by atoms with Crippen LogP contribution in [0.3, 0.4) is 0 Å². The Morgan fingerprint density at radius 3 is 2.60 bits per heavy atom. The molecule has 1 fully saturated rings. The Labute approximate surface area is 172 Å². The summed E-state index contributed by atoms with van der Waals surface area (Å²) in [5.41, 5.74) is 0.515. The van der Waals surface area contributed by atoms with Crippen LogP contribution in [0.15, 0.2) is 52.3 Å². The van der Waals surface area contributed by atoms with Crippen molar-refractivity contribution < 1.29 is 9.53 Å². The van der Waals surface area contributed by atoms with Crippen LogP contribution in [0, 0.1) is 11.8 Å². The van der Waals surface area contributed by atoms with E-state index in [2.05, 4.69) is 15.3 Å². The highest BCUT2D eigenvalue weighted by molar-refractivity contribution is 5.92. The molecule has 0 bridgehead atoms. The quantitative estimate of drug-likeness (QED) is 0.675. The monoisotopic (exact) mass is 408 g/mol. The van der Waals surface area contributed by atoms with Crippen LogP contribution in [-0.4, -0.2) is 27.6 Å². The molecule has 156 valence electrons. The third-order valence-corrected chi connectivity index (χ3v) is 5.80. The van der Waals surface area contributed by atoms with Gasteiger partial charge < -0.3 is 15.0 Å². The summed E-state index contributed by atoms with van der Waals surface area (Å²) in [6, 6.07) is 8.55. The maximum Gasteiger partial charge on any atom is 0.328 e. The van der Waals surface area contributed by atoms with Crippen molar-refractivity contribution in [2.24, 2.45) is 11.8 Å². The van der Waals surface area contributed by atoms with Crippen molar-refractivity contribution in [2.45, 2.75) is 32.2 Å². The van der Waals surface area contributed by atoms with Gasteiger partial charge in [0.15, 0.2) is 0 Å². The molecule has 2 N–H and O–H groups in total. The van der Waals surface area contributed by atoms with E-state index in [1.54, 1.807) is 42.7 Å². The molecule has 0 atom stereocenters. The van der Waals surface area contributed by atoms with Gasteiger partial charge in [0.05, 0.1) is 18.0 Å². The number of carbonyl (C=O) groups is 1. The Balaban J connectivity index is 1.44. The van der Waals surface area contributed by atoms with E-state index in [0.29, 0.717) is 23.2 Å².